The van der Waals surface area contributed by atoms with Gasteiger partial charge in [-0.05, 0) is 72.7 Å². The Morgan fingerprint density at radius 1 is 0.976 bits per heavy atom. The fourth-order valence-corrected chi connectivity index (χ4v) is 7.54. The topological polar surface area (TPSA) is 72.6 Å². The Labute approximate surface area is 265 Å². The summed E-state index contributed by atoms with van der Waals surface area (Å²) in [5.41, 5.74) is 8.73. The standard InChI is InChI=1S/C33H32Cl2N2O3S2/c1-41-19-5-18-40-25-11-8-22(9-12-25)27-21-29(42-30(27)26-13-10-24(34)20-28(26)35)31(38)37-16-14-33(15-17-37,32(36)39)23-6-3-2-4-7-23/h2-4,6-13,20-21H,5,14-19H2,1H3,(H2,36,39). The highest BCUT2D eigenvalue weighted by Gasteiger charge is 2.42. The Balaban J connectivity index is 1.42. The van der Waals surface area contributed by atoms with Gasteiger partial charge in [-0.2, -0.15) is 11.8 Å². The Kier molecular flexibility index (Phi) is 9.84. The van der Waals surface area contributed by atoms with Crippen molar-refractivity contribution in [2.24, 2.45) is 5.73 Å². The van der Waals surface area contributed by atoms with Crippen molar-refractivity contribution >= 4 is 58.1 Å². The van der Waals surface area contributed by atoms with Gasteiger partial charge in [0.2, 0.25) is 5.91 Å². The smallest absolute Gasteiger partial charge is 0.263 e. The zero-order chi connectivity index (χ0) is 29.7. The maximum absolute atomic E-state index is 13.9. The summed E-state index contributed by atoms with van der Waals surface area (Å²) in [5, 5.41) is 1.07. The van der Waals surface area contributed by atoms with E-state index in [4.69, 9.17) is 33.7 Å². The van der Waals surface area contributed by atoms with Crippen molar-refractivity contribution in [3.8, 4) is 27.3 Å². The number of nitrogens with zero attached hydrogens (tertiary/aromatic N) is 1. The predicted molar refractivity (Wildman–Crippen MR) is 176 cm³/mol. The Morgan fingerprint density at radius 3 is 2.33 bits per heavy atom. The molecule has 1 saturated heterocycles. The molecule has 0 bridgehead atoms. The van der Waals surface area contributed by atoms with Crippen molar-refractivity contribution in [2.45, 2.75) is 24.7 Å². The lowest BCUT2D eigenvalue weighted by molar-refractivity contribution is -0.125. The van der Waals surface area contributed by atoms with Crippen LogP contribution in [0.1, 0.15) is 34.5 Å². The van der Waals surface area contributed by atoms with Gasteiger partial charge in [-0.1, -0.05) is 71.7 Å². The third kappa shape index (κ3) is 6.50. The van der Waals surface area contributed by atoms with Crippen LogP contribution in [0.15, 0.2) is 78.9 Å². The van der Waals surface area contributed by atoms with E-state index in [1.165, 1.54) is 11.3 Å². The summed E-state index contributed by atoms with van der Waals surface area (Å²) in [6, 6.07) is 24.9. The summed E-state index contributed by atoms with van der Waals surface area (Å²) in [4.78, 5) is 29.8. The third-order valence-electron chi connectivity index (χ3n) is 7.75. The van der Waals surface area contributed by atoms with Crippen LogP contribution in [0, 0.1) is 0 Å². The summed E-state index contributed by atoms with van der Waals surface area (Å²) in [5.74, 6) is 1.44. The number of primary amides is 1. The maximum Gasteiger partial charge on any atom is 0.263 e. The molecular weight excluding hydrogens is 607 g/mol. The number of carbonyl (C=O) groups is 2. The van der Waals surface area contributed by atoms with Gasteiger partial charge in [0.1, 0.15) is 5.75 Å². The first-order valence-corrected chi connectivity index (χ1v) is 16.7. The molecular formula is C33H32Cl2N2O3S2. The summed E-state index contributed by atoms with van der Waals surface area (Å²) < 4.78 is 5.89. The molecule has 2 heterocycles. The number of thiophene rings is 1. The molecule has 1 aliphatic rings. The van der Waals surface area contributed by atoms with Gasteiger partial charge in [0, 0.05) is 34.1 Å². The van der Waals surface area contributed by atoms with Crippen LogP contribution in [0.3, 0.4) is 0 Å². The quantitative estimate of drug-likeness (QED) is 0.178. The molecule has 1 fully saturated rings. The second-order valence-electron chi connectivity index (χ2n) is 10.3. The monoisotopic (exact) mass is 638 g/mol. The molecule has 5 nitrogen and oxygen atoms in total. The number of piperidine rings is 1. The van der Waals surface area contributed by atoms with Gasteiger partial charge in [-0.15, -0.1) is 11.3 Å². The minimum Gasteiger partial charge on any atom is -0.494 e. The van der Waals surface area contributed by atoms with Crippen LogP contribution in [0.5, 0.6) is 5.75 Å². The van der Waals surface area contributed by atoms with Crippen LogP contribution in [0.25, 0.3) is 21.6 Å². The normalized spacial score (nSPS) is 14.5. The van der Waals surface area contributed by atoms with Crippen LogP contribution >= 0.6 is 46.3 Å². The lowest BCUT2D eigenvalue weighted by Gasteiger charge is -2.40. The lowest BCUT2D eigenvalue weighted by atomic mass is 9.72. The fourth-order valence-electron chi connectivity index (χ4n) is 5.39. The molecule has 1 aromatic heterocycles. The first-order chi connectivity index (χ1) is 20.3. The molecule has 9 heteroatoms. The van der Waals surface area contributed by atoms with Crippen molar-refractivity contribution in [3.63, 3.8) is 0 Å². The van der Waals surface area contributed by atoms with Gasteiger partial charge < -0.3 is 15.4 Å². The average Bonchev–Trinajstić information content (AvgIpc) is 3.45. The van der Waals surface area contributed by atoms with Gasteiger partial charge in [0.05, 0.1) is 21.9 Å². The van der Waals surface area contributed by atoms with E-state index in [1.807, 2.05) is 71.6 Å². The molecule has 1 aliphatic heterocycles. The molecule has 0 radical (unpaired) electrons. The second-order valence-corrected chi connectivity index (χ2v) is 13.2. The second kappa shape index (κ2) is 13.6. The number of rotatable bonds is 10. The molecule has 5 rings (SSSR count). The van der Waals surface area contributed by atoms with E-state index < -0.39 is 5.41 Å². The van der Waals surface area contributed by atoms with Gasteiger partial charge in [0.25, 0.3) is 5.91 Å². The highest BCUT2D eigenvalue weighted by Crippen LogP contribution is 2.44. The molecule has 3 aromatic carbocycles. The molecule has 0 saturated carbocycles. The molecule has 2 amide bonds. The lowest BCUT2D eigenvalue weighted by Crippen LogP contribution is -2.51. The number of ether oxygens (including phenoxy) is 1. The number of benzene rings is 3. The van der Waals surface area contributed by atoms with Gasteiger partial charge >= 0.3 is 0 Å². The van der Waals surface area contributed by atoms with E-state index in [-0.39, 0.29) is 11.8 Å². The number of nitrogens with two attached hydrogens (primary N) is 1. The fraction of sp³-hybridized carbons (Fsp3) is 0.273. The molecule has 42 heavy (non-hydrogen) atoms. The van der Waals surface area contributed by atoms with Crippen LogP contribution in [0.2, 0.25) is 10.0 Å². The molecule has 0 aliphatic carbocycles. The number of hydrogen-bond acceptors (Lipinski definition) is 5. The summed E-state index contributed by atoms with van der Waals surface area (Å²) in [6.45, 7) is 1.53. The molecule has 4 aromatic rings. The zero-order valence-electron chi connectivity index (χ0n) is 23.3. The Hall–Kier alpha value is -2.97. The van der Waals surface area contributed by atoms with Crippen LogP contribution < -0.4 is 10.5 Å². The van der Waals surface area contributed by atoms with E-state index in [1.54, 1.807) is 23.9 Å². The maximum atomic E-state index is 13.9. The molecule has 0 unspecified atom stereocenters. The number of hydrogen-bond donors (Lipinski definition) is 1. The largest absolute Gasteiger partial charge is 0.494 e. The third-order valence-corrected chi connectivity index (χ3v) is 10.1. The van der Waals surface area contributed by atoms with E-state index >= 15 is 0 Å². The SMILES string of the molecule is CSCCCOc1ccc(-c2cc(C(=O)N3CCC(C(N)=O)(c4ccccc4)CC3)sc2-c2ccc(Cl)cc2Cl)cc1. The number of halogens is 2. The predicted octanol–water partition coefficient (Wildman–Crippen LogP) is 8.18. The molecule has 0 spiro atoms. The van der Waals surface area contributed by atoms with Crippen LogP contribution in [-0.4, -0.2) is 48.4 Å². The van der Waals surface area contributed by atoms with E-state index in [9.17, 15) is 9.59 Å². The Bertz CT molecular complexity index is 1550. The highest BCUT2D eigenvalue weighted by atomic mass is 35.5. The van der Waals surface area contributed by atoms with Crippen LogP contribution in [0.4, 0.5) is 0 Å². The average molecular weight is 640 g/mol. The summed E-state index contributed by atoms with van der Waals surface area (Å²) >= 11 is 16.1. The molecule has 0 atom stereocenters. The van der Waals surface area contributed by atoms with E-state index in [0.717, 1.165) is 45.1 Å². The van der Waals surface area contributed by atoms with Gasteiger partial charge in [-0.3, -0.25) is 9.59 Å². The summed E-state index contributed by atoms with van der Waals surface area (Å²) in [6.07, 6.45) is 4.03. The van der Waals surface area contributed by atoms with Crippen molar-refractivity contribution in [2.75, 3.05) is 31.7 Å². The van der Waals surface area contributed by atoms with Crippen molar-refractivity contribution in [1.29, 1.82) is 0 Å². The number of thioether (sulfide) groups is 1. The van der Waals surface area contributed by atoms with Gasteiger partial charge in [-0.25, -0.2) is 0 Å². The van der Waals surface area contributed by atoms with E-state index in [2.05, 4.69) is 6.26 Å². The van der Waals surface area contributed by atoms with Crippen molar-refractivity contribution in [3.05, 3.63) is 99.3 Å². The molecule has 218 valence electrons. The number of amides is 2. The molecule has 2 N–H and O–H groups in total. The number of likely N-dealkylation sites (tertiary alicyclic amines) is 1. The first kappa shape index (κ1) is 30.5. The Morgan fingerprint density at radius 2 is 1.69 bits per heavy atom. The minimum absolute atomic E-state index is 0.0718. The first-order valence-electron chi connectivity index (χ1n) is 13.8. The van der Waals surface area contributed by atoms with Crippen molar-refractivity contribution in [1.82, 2.24) is 4.90 Å². The number of carbonyl (C=O) groups excluding carboxylic acids is 2. The summed E-state index contributed by atoms with van der Waals surface area (Å²) in [7, 11) is 0. The van der Waals surface area contributed by atoms with E-state index in [0.29, 0.717) is 47.5 Å². The highest BCUT2D eigenvalue weighted by molar-refractivity contribution is 7.98. The zero-order valence-corrected chi connectivity index (χ0v) is 26.4. The van der Waals surface area contributed by atoms with Crippen LogP contribution in [-0.2, 0) is 10.2 Å². The van der Waals surface area contributed by atoms with Gasteiger partial charge in [0.15, 0.2) is 0 Å². The minimum atomic E-state index is -0.778. The van der Waals surface area contributed by atoms with Crippen molar-refractivity contribution < 1.29 is 14.3 Å².